The largest absolute Gasteiger partial charge is 0.354 e. The molecule has 104 valence electrons. The number of amides is 2. The molecule has 1 aromatic rings. The Balaban J connectivity index is 2.24. The van der Waals surface area contributed by atoms with Gasteiger partial charge < -0.3 is 16.4 Å². The summed E-state index contributed by atoms with van der Waals surface area (Å²) in [6.45, 7) is 2.51. The van der Waals surface area contributed by atoms with E-state index in [-0.39, 0.29) is 24.3 Å². The molecule has 0 aliphatic heterocycles. The smallest absolute Gasteiger partial charge is 0.251 e. The van der Waals surface area contributed by atoms with Crippen molar-refractivity contribution < 1.29 is 9.59 Å². The topological polar surface area (TPSA) is 84.2 Å². The lowest BCUT2D eigenvalue weighted by Crippen LogP contribution is -2.36. The SMILES string of the molecule is CC(N)CC(=O)NCCNC(=O)c1ccc(Cl)cc1. The molecule has 0 aromatic heterocycles. The summed E-state index contributed by atoms with van der Waals surface area (Å²) < 4.78 is 0. The fourth-order valence-corrected chi connectivity index (χ4v) is 1.57. The number of hydrogen-bond donors (Lipinski definition) is 3. The third kappa shape index (κ3) is 6.22. The molecule has 19 heavy (non-hydrogen) atoms. The van der Waals surface area contributed by atoms with Crippen LogP contribution in [0.15, 0.2) is 24.3 Å². The first-order chi connectivity index (χ1) is 8.99. The molecule has 2 amide bonds. The summed E-state index contributed by atoms with van der Waals surface area (Å²) in [7, 11) is 0. The minimum absolute atomic E-state index is 0.115. The van der Waals surface area contributed by atoms with Crippen molar-refractivity contribution in [2.24, 2.45) is 5.73 Å². The molecular formula is C13H18ClN3O2. The minimum atomic E-state index is -0.196. The maximum Gasteiger partial charge on any atom is 0.251 e. The number of benzene rings is 1. The second-order valence-electron chi connectivity index (χ2n) is 4.29. The number of carbonyl (C=O) groups excluding carboxylic acids is 2. The van der Waals surface area contributed by atoms with Crippen molar-refractivity contribution in [3.05, 3.63) is 34.9 Å². The fourth-order valence-electron chi connectivity index (χ4n) is 1.45. The van der Waals surface area contributed by atoms with Crippen LogP contribution in [0.4, 0.5) is 0 Å². The summed E-state index contributed by atoms with van der Waals surface area (Å²) in [6, 6.07) is 6.43. The standard InChI is InChI=1S/C13H18ClN3O2/c1-9(15)8-12(18)16-6-7-17-13(19)10-2-4-11(14)5-3-10/h2-5,9H,6-8,15H2,1H3,(H,16,18)(H,17,19). The van der Waals surface area contributed by atoms with Crippen LogP contribution in [0.5, 0.6) is 0 Å². The van der Waals surface area contributed by atoms with Gasteiger partial charge in [0.15, 0.2) is 0 Å². The van der Waals surface area contributed by atoms with Gasteiger partial charge in [0.05, 0.1) is 0 Å². The molecule has 0 aliphatic rings. The van der Waals surface area contributed by atoms with Gasteiger partial charge in [-0.05, 0) is 31.2 Å². The summed E-state index contributed by atoms with van der Waals surface area (Å²) in [5.41, 5.74) is 6.03. The van der Waals surface area contributed by atoms with E-state index in [0.29, 0.717) is 23.7 Å². The highest BCUT2D eigenvalue weighted by molar-refractivity contribution is 6.30. The van der Waals surface area contributed by atoms with E-state index in [2.05, 4.69) is 10.6 Å². The number of hydrogen-bond acceptors (Lipinski definition) is 3. The lowest BCUT2D eigenvalue weighted by atomic mass is 10.2. The molecular weight excluding hydrogens is 266 g/mol. The summed E-state index contributed by atoms with van der Waals surface area (Å²) >= 11 is 5.73. The van der Waals surface area contributed by atoms with Crippen LogP contribution in [0.3, 0.4) is 0 Å². The highest BCUT2D eigenvalue weighted by atomic mass is 35.5. The van der Waals surface area contributed by atoms with Crippen molar-refractivity contribution in [2.75, 3.05) is 13.1 Å². The predicted octanol–water partition coefficient (Wildman–Crippen LogP) is 0.923. The number of rotatable bonds is 6. The van der Waals surface area contributed by atoms with Crippen molar-refractivity contribution in [3.8, 4) is 0 Å². The van der Waals surface area contributed by atoms with Gasteiger partial charge in [0, 0.05) is 36.1 Å². The molecule has 0 fully saturated rings. The molecule has 0 radical (unpaired) electrons. The first-order valence-corrected chi connectivity index (χ1v) is 6.43. The number of halogens is 1. The van der Waals surface area contributed by atoms with Gasteiger partial charge in [0.25, 0.3) is 5.91 Å². The predicted molar refractivity (Wildman–Crippen MR) is 75.1 cm³/mol. The molecule has 1 atom stereocenters. The summed E-state index contributed by atoms with van der Waals surface area (Å²) in [5, 5.41) is 5.96. The Bertz CT molecular complexity index is 432. The minimum Gasteiger partial charge on any atom is -0.354 e. The Morgan fingerprint density at radius 1 is 1.21 bits per heavy atom. The third-order valence-electron chi connectivity index (χ3n) is 2.35. The number of carbonyl (C=O) groups is 2. The molecule has 1 rings (SSSR count). The molecule has 5 nitrogen and oxygen atoms in total. The quantitative estimate of drug-likeness (QED) is 0.679. The Hall–Kier alpha value is -1.59. The zero-order valence-corrected chi connectivity index (χ0v) is 11.5. The molecule has 0 aliphatic carbocycles. The van der Waals surface area contributed by atoms with Gasteiger partial charge in [-0.1, -0.05) is 11.6 Å². The summed E-state index contributed by atoms with van der Waals surface area (Å²) in [6.07, 6.45) is 0.283. The maximum atomic E-state index is 11.7. The highest BCUT2D eigenvalue weighted by Crippen LogP contribution is 2.08. The van der Waals surface area contributed by atoms with E-state index in [9.17, 15) is 9.59 Å². The van der Waals surface area contributed by atoms with Crippen LogP contribution in [0.1, 0.15) is 23.7 Å². The molecule has 0 heterocycles. The average Bonchev–Trinajstić information content (AvgIpc) is 2.34. The zero-order chi connectivity index (χ0) is 14.3. The van der Waals surface area contributed by atoms with Gasteiger partial charge in [-0.15, -0.1) is 0 Å². The van der Waals surface area contributed by atoms with Gasteiger partial charge in [-0.2, -0.15) is 0 Å². The van der Waals surface area contributed by atoms with Gasteiger partial charge in [-0.3, -0.25) is 9.59 Å². The molecule has 0 bridgehead atoms. The Kier molecular flexibility index (Phi) is 6.32. The van der Waals surface area contributed by atoms with Gasteiger partial charge in [0.1, 0.15) is 0 Å². The van der Waals surface area contributed by atoms with Gasteiger partial charge in [0.2, 0.25) is 5.91 Å². The van der Waals surface area contributed by atoms with Crippen LogP contribution in [0, 0.1) is 0 Å². The first kappa shape index (κ1) is 15.5. The van der Waals surface area contributed by atoms with E-state index in [1.807, 2.05) is 0 Å². The average molecular weight is 284 g/mol. The van der Waals surface area contributed by atoms with Crippen molar-refractivity contribution in [2.45, 2.75) is 19.4 Å². The highest BCUT2D eigenvalue weighted by Gasteiger charge is 2.06. The van der Waals surface area contributed by atoms with Gasteiger partial charge >= 0.3 is 0 Å². The van der Waals surface area contributed by atoms with Crippen LogP contribution in [-0.4, -0.2) is 30.9 Å². The molecule has 0 spiro atoms. The van der Waals surface area contributed by atoms with E-state index < -0.39 is 0 Å². The Labute approximate surface area is 117 Å². The lowest BCUT2D eigenvalue weighted by molar-refractivity contribution is -0.121. The fraction of sp³-hybridized carbons (Fsp3) is 0.385. The third-order valence-corrected chi connectivity index (χ3v) is 2.60. The van der Waals surface area contributed by atoms with Crippen LogP contribution < -0.4 is 16.4 Å². The zero-order valence-electron chi connectivity index (χ0n) is 10.8. The van der Waals surface area contributed by atoms with Crippen molar-refractivity contribution in [1.29, 1.82) is 0 Å². The molecule has 1 unspecified atom stereocenters. The molecule has 0 saturated carbocycles. The number of nitrogens with one attached hydrogen (secondary N) is 2. The van der Waals surface area contributed by atoms with Crippen molar-refractivity contribution in [3.63, 3.8) is 0 Å². The molecule has 1 aromatic carbocycles. The first-order valence-electron chi connectivity index (χ1n) is 6.05. The van der Waals surface area contributed by atoms with Crippen molar-refractivity contribution >= 4 is 23.4 Å². The number of nitrogens with two attached hydrogens (primary N) is 1. The van der Waals surface area contributed by atoms with E-state index in [1.54, 1.807) is 31.2 Å². The van der Waals surface area contributed by atoms with Gasteiger partial charge in [-0.25, -0.2) is 0 Å². The monoisotopic (exact) mass is 283 g/mol. The van der Waals surface area contributed by atoms with E-state index in [0.717, 1.165) is 0 Å². The molecule has 0 saturated heterocycles. The van der Waals surface area contributed by atoms with Crippen LogP contribution >= 0.6 is 11.6 Å². The maximum absolute atomic E-state index is 11.7. The van der Waals surface area contributed by atoms with Crippen LogP contribution in [0.25, 0.3) is 0 Å². The van der Waals surface area contributed by atoms with Crippen LogP contribution in [-0.2, 0) is 4.79 Å². The van der Waals surface area contributed by atoms with E-state index >= 15 is 0 Å². The lowest BCUT2D eigenvalue weighted by Gasteiger charge is -2.08. The van der Waals surface area contributed by atoms with E-state index in [1.165, 1.54) is 0 Å². The second kappa shape index (κ2) is 7.76. The van der Waals surface area contributed by atoms with E-state index in [4.69, 9.17) is 17.3 Å². The Morgan fingerprint density at radius 2 is 1.79 bits per heavy atom. The molecule has 4 N–H and O–H groups in total. The Morgan fingerprint density at radius 3 is 2.37 bits per heavy atom. The summed E-state index contributed by atoms with van der Waals surface area (Å²) in [5.74, 6) is -0.311. The second-order valence-corrected chi connectivity index (χ2v) is 4.73. The summed E-state index contributed by atoms with van der Waals surface area (Å²) in [4.78, 5) is 23.0. The molecule has 6 heteroatoms. The van der Waals surface area contributed by atoms with Crippen LogP contribution in [0.2, 0.25) is 5.02 Å². The van der Waals surface area contributed by atoms with Crippen molar-refractivity contribution in [1.82, 2.24) is 10.6 Å². The normalized spacial score (nSPS) is 11.7.